The molecule has 2 rings (SSSR count). The van der Waals surface area contributed by atoms with E-state index in [2.05, 4.69) is 10.3 Å². The highest BCUT2D eigenvalue weighted by atomic mass is 35.5. The maximum absolute atomic E-state index is 11.7. The van der Waals surface area contributed by atoms with Crippen LogP contribution in [0.5, 0.6) is 0 Å². The highest BCUT2D eigenvalue weighted by molar-refractivity contribution is 5.85. The fourth-order valence-electron chi connectivity index (χ4n) is 2.04. The lowest BCUT2D eigenvalue weighted by molar-refractivity contribution is -0.389. The molecule has 1 saturated carbocycles. The lowest BCUT2D eigenvalue weighted by Crippen LogP contribution is -2.38. The Kier molecular flexibility index (Phi) is 6.10. The monoisotopic (exact) mass is 317 g/mol. The molecule has 0 spiro atoms. The highest BCUT2D eigenvalue weighted by Crippen LogP contribution is 2.31. The van der Waals surface area contributed by atoms with Crippen molar-refractivity contribution in [2.45, 2.75) is 38.8 Å². The molecule has 118 valence electrons. The minimum Gasteiger partial charge on any atom is -0.358 e. The molecular weight excluding hydrogens is 298 g/mol. The maximum Gasteiger partial charge on any atom is 0.381 e. The van der Waals surface area contributed by atoms with Gasteiger partial charge in [0.2, 0.25) is 11.7 Å². The normalized spacial score (nSPS) is 15.1. The first-order valence-electron chi connectivity index (χ1n) is 6.68. The van der Waals surface area contributed by atoms with Crippen LogP contribution in [0.1, 0.15) is 25.1 Å². The third-order valence-corrected chi connectivity index (χ3v) is 3.49. The molecule has 8 nitrogen and oxygen atoms in total. The number of hydrogen-bond donors (Lipinski definition) is 2. The van der Waals surface area contributed by atoms with Crippen LogP contribution in [0.4, 0.5) is 5.82 Å². The molecule has 1 aliphatic rings. The molecule has 1 unspecified atom stereocenters. The Hall–Kier alpha value is -1.67. The van der Waals surface area contributed by atoms with Gasteiger partial charge in [-0.25, -0.2) is 0 Å². The number of carbonyl (C=O) groups excluding carboxylic acids is 1. The summed E-state index contributed by atoms with van der Waals surface area (Å²) in [6.45, 7) is 2.54. The number of amides is 1. The van der Waals surface area contributed by atoms with E-state index in [0.29, 0.717) is 24.8 Å². The number of aryl methyl sites for hydroxylation is 2. The largest absolute Gasteiger partial charge is 0.381 e. The van der Waals surface area contributed by atoms with Crippen molar-refractivity contribution in [1.82, 2.24) is 14.9 Å². The van der Waals surface area contributed by atoms with E-state index in [9.17, 15) is 14.9 Å². The molecule has 0 aromatic carbocycles. The Labute approximate surface area is 128 Å². The molecule has 1 atom stereocenters. The molecule has 1 aromatic rings. The summed E-state index contributed by atoms with van der Waals surface area (Å²) in [5.41, 5.74) is 5.89. The first kappa shape index (κ1) is 17.4. The van der Waals surface area contributed by atoms with Gasteiger partial charge in [0.15, 0.2) is 0 Å². The third-order valence-electron chi connectivity index (χ3n) is 3.49. The second-order valence-electron chi connectivity index (χ2n) is 5.15. The lowest BCUT2D eigenvalue weighted by Gasteiger charge is -2.11. The van der Waals surface area contributed by atoms with E-state index in [1.165, 1.54) is 6.20 Å². The van der Waals surface area contributed by atoms with Gasteiger partial charge in [-0.2, -0.15) is 0 Å². The van der Waals surface area contributed by atoms with E-state index in [1.807, 2.05) is 0 Å². The van der Waals surface area contributed by atoms with E-state index in [-0.39, 0.29) is 36.6 Å². The molecule has 21 heavy (non-hydrogen) atoms. The lowest BCUT2D eigenvalue weighted by atomic mass is 10.2. The summed E-state index contributed by atoms with van der Waals surface area (Å²) in [6.07, 6.45) is 3.90. The summed E-state index contributed by atoms with van der Waals surface area (Å²) in [5.74, 6) is 0.781. The molecule has 3 N–H and O–H groups in total. The summed E-state index contributed by atoms with van der Waals surface area (Å²) in [7, 11) is 0. The predicted molar refractivity (Wildman–Crippen MR) is 79.2 cm³/mol. The SMILES string of the molecule is Cc1nc([N+](=O)[O-])cn1CCC(=O)NCC(N)C1CC1.Cl. The Morgan fingerprint density at radius 2 is 2.33 bits per heavy atom. The van der Waals surface area contributed by atoms with Gasteiger partial charge in [-0.05, 0) is 28.7 Å². The Morgan fingerprint density at radius 3 is 2.86 bits per heavy atom. The predicted octanol–water partition coefficient (Wildman–Crippen LogP) is 0.765. The van der Waals surface area contributed by atoms with Crippen molar-refractivity contribution in [3.8, 4) is 0 Å². The quantitative estimate of drug-likeness (QED) is 0.569. The van der Waals surface area contributed by atoms with Crippen molar-refractivity contribution >= 4 is 24.1 Å². The summed E-state index contributed by atoms with van der Waals surface area (Å²) < 4.78 is 1.61. The molecule has 1 heterocycles. The average molecular weight is 318 g/mol. The third kappa shape index (κ3) is 4.98. The Bertz CT molecular complexity index is 515. The molecule has 0 aliphatic heterocycles. The first-order valence-corrected chi connectivity index (χ1v) is 6.68. The molecule has 9 heteroatoms. The summed E-state index contributed by atoms with van der Waals surface area (Å²) in [4.78, 5) is 25.5. The second-order valence-corrected chi connectivity index (χ2v) is 5.15. The molecular formula is C12H20ClN5O3. The summed E-state index contributed by atoms with van der Waals surface area (Å²) in [5, 5.41) is 13.4. The van der Waals surface area contributed by atoms with Gasteiger partial charge >= 0.3 is 5.82 Å². The zero-order valence-corrected chi connectivity index (χ0v) is 12.6. The molecule has 1 amide bonds. The van der Waals surface area contributed by atoms with Crippen molar-refractivity contribution in [2.24, 2.45) is 11.7 Å². The van der Waals surface area contributed by atoms with E-state index in [4.69, 9.17) is 5.73 Å². The van der Waals surface area contributed by atoms with Crippen LogP contribution in [-0.4, -0.2) is 33.0 Å². The summed E-state index contributed by atoms with van der Waals surface area (Å²) in [6, 6.07) is 0.0371. The number of rotatable bonds is 7. The zero-order valence-electron chi connectivity index (χ0n) is 11.8. The number of hydrogen-bond acceptors (Lipinski definition) is 5. The van der Waals surface area contributed by atoms with Crippen molar-refractivity contribution in [2.75, 3.05) is 6.54 Å². The molecule has 0 saturated heterocycles. The average Bonchev–Trinajstić information content (AvgIpc) is 3.17. The van der Waals surface area contributed by atoms with Crippen LogP contribution < -0.4 is 11.1 Å². The van der Waals surface area contributed by atoms with Gasteiger partial charge in [0.1, 0.15) is 6.20 Å². The molecule has 1 aromatic heterocycles. The molecule has 1 fully saturated rings. The number of carbonyl (C=O) groups is 1. The van der Waals surface area contributed by atoms with Crippen LogP contribution >= 0.6 is 12.4 Å². The van der Waals surface area contributed by atoms with Crippen LogP contribution in [-0.2, 0) is 11.3 Å². The van der Waals surface area contributed by atoms with Crippen molar-refractivity contribution in [3.05, 3.63) is 22.1 Å². The van der Waals surface area contributed by atoms with Crippen LogP contribution in [0.2, 0.25) is 0 Å². The first-order chi connectivity index (χ1) is 9.47. The highest BCUT2D eigenvalue weighted by Gasteiger charge is 2.28. The van der Waals surface area contributed by atoms with Gasteiger partial charge in [0.05, 0.1) is 0 Å². The number of nitro groups is 1. The topological polar surface area (TPSA) is 116 Å². The number of nitrogens with two attached hydrogens (primary N) is 1. The zero-order chi connectivity index (χ0) is 14.7. The van der Waals surface area contributed by atoms with Gasteiger partial charge < -0.3 is 25.7 Å². The standard InChI is InChI=1S/C12H19N5O3.ClH/c1-8-15-11(17(19)20)7-16(8)5-4-12(18)14-6-10(13)9-2-3-9;/h7,9-10H,2-6,13H2,1H3,(H,14,18);1H. The smallest absolute Gasteiger partial charge is 0.358 e. The van der Waals surface area contributed by atoms with Crippen molar-refractivity contribution < 1.29 is 9.72 Å². The van der Waals surface area contributed by atoms with E-state index < -0.39 is 4.92 Å². The van der Waals surface area contributed by atoms with Gasteiger partial charge in [-0.1, -0.05) is 0 Å². The van der Waals surface area contributed by atoms with Crippen LogP contribution in [0.25, 0.3) is 0 Å². The molecule has 0 radical (unpaired) electrons. The fourth-order valence-corrected chi connectivity index (χ4v) is 2.04. The van der Waals surface area contributed by atoms with Gasteiger partial charge in [-0.3, -0.25) is 4.79 Å². The number of nitrogens with zero attached hydrogens (tertiary/aromatic N) is 3. The van der Waals surface area contributed by atoms with Crippen LogP contribution in [0, 0.1) is 23.0 Å². The van der Waals surface area contributed by atoms with Crippen LogP contribution in [0.3, 0.4) is 0 Å². The number of nitrogens with one attached hydrogen (secondary N) is 1. The van der Waals surface area contributed by atoms with E-state index in [1.54, 1.807) is 11.5 Å². The van der Waals surface area contributed by atoms with E-state index in [0.717, 1.165) is 12.8 Å². The Balaban J connectivity index is 0.00000220. The maximum atomic E-state index is 11.7. The van der Waals surface area contributed by atoms with Gasteiger partial charge in [-0.15, -0.1) is 12.4 Å². The molecule has 0 bridgehead atoms. The van der Waals surface area contributed by atoms with E-state index >= 15 is 0 Å². The Morgan fingerprint density at radius 1 is 1.67 bits per heavy atom. The van der Waals surface area contributed by atoms with Gasteiger partial charge in [0, 0.05) is 32.5 Å². The number of aromatic nitrogens is 2. The number of imidazole rings is 1. The van der Waals surface area contributed by atoms with Crippen molar-refractivity contribution in [1.29, 1.82) is 0 Å². The van der Waals surface area contributed by atoms with Crippen molar-refractivity contribution in [3.63, 3.8) is 0 Å². The minimum absolute atomic E-state index is 0. The number of halogens is 1. The fraction of sp³-hybridized carbons (Fsp3) is 0.667. The van der Waals surface area contributed by atoms with Crippen LogP contribution in [0.15, 0.2) is 6.20 Å². The minimum atomic E-state index is -0.543. The summed E-state index contributed by atoms with van der Waals surface area (Å²) >= 11 is 0. The second kappa shape index (κ2) is 7.37. The van der Waals surface area contributed by atoms with Gasteiger partial charge in [0.25, 0.3) is 0 Å². The molecule has 1 aliphatic carbocycles.